The molecule has 4 bridgehead atoms. The van der Waals surface area contributed by atoms with Crippen molar-refractivity contribution in [3.05, 3.63) is 71.8 Å². The summed E-state index contributed by atoms with van der Waals surface area (Å²) in [5.74, 6) is -1.62. The van der Waals surface area contributed by atoms with E-state index >= 15 is 0 Å². The Bertz CT molecular complexity index is 1530. The summed E-state index contributed by atoms with van der Waals surface area (Å²) in [6, 6.07) is 15.1. The maximum absolute atomic E-state index is 14.0. The molecule has 3 aromatic carbocycles. The molecule has 3 aromatic rings. The second-order valence-corrected chi connectivity index (χ2v) is 14.2. The van der Waals surface area contributed by atoms with E-state index in [2.05, 4.69) is 30.8 Å². The molecule has 9 heteroatoms. The molecule has 7 rings (SSSR count). The van der Waals surface area contributed by atoms with Crippen molar-refractivity contribution in [3.8, 4) is 11.5 Å². The maximum atomic E-state index is 14.0. The number of amides is 1. The molecule has 4 fully saturated rings. The molecular formula is C34H36F3NO5. The van der Waals surface area contributed by atoms with E-state index in [0.717, 1.165) is 43.9 Å². The van der Waals surface area contributed by atoms with Gasteiger partial charge in [-0.05, 0) is 83.9 Å². The van der Waals surface area contributed by atoms with Crippen LogP contribution in [0.25, 0.3) is 10.8 Å². The number of benzene rings is 3. The van der Waals surface area contributed by atoms with E-state index < -0.39 is 29.7 Å². The molecule has 4 aliphatic carbocycles. The topological polar surface area (TPSA) is 84.9 Å². The smallest absolute Gasteiger partial charge is 0.487 e. The zero-order valence-electron chi connectivity index (χ0n) is 24.5. The highest BCUT2D eigenvalue weighted by Crippen LogP contribution is 2.74. The molecule has 0 aromatic heterocycles. The third-order valence-electron chi connectivity index (χ3n) is 9.70. The van der Waals surface area contributed by atoms with E-state index in [4.69, 9.17) is 4.74 Å². The minimum atomic E-state index is -4.79. The van der Waals surface area contributed by atoms with Gasteiger partial charge >= 0.3 is 12.3 Å². The number of aliphatic carboxylic acids is 1. The van der Waals surface area contributed by atoms with Gasteiger partial charge in [0.05, 0.1) is 5.56 Å². The van der Waals surface area contributed by atoms with Crippen LogP contribution in [0.1, 0.15) is 75.2 Å². The van der Waals surface area contributed by atoms with Crippen molar-refractivity contribution in [2.24, 2.45) is 21.7 Å². The summed E-state index contributed by atoms with van der Waals surface area (Å²) in [7, 11) is 0. The van der Waals surface area contributed by atoms with Crippen molar-refractivity contribution in [2.75, 3.05) is 0 Å². The minimum absolute atomic E-state index is 0.0258. The Morgan fingerprint density at radius 2 is 1.44 bits per heavy atom. The zero-order chi connectivity index (χ0) is 30.8. The fraction of sp³-hybridized carbons (Fsp3) is 0.471. The number of carbonyl (C=O) groups excluding carboxylic acids is 1. The first-order valence-corrected chi connectivity index (χ1v) is 14.6. The normalized spacial score (nSPS) is 30.2. The van der Waals surface area contributed by atoms with Gasteiger partial charge < -0.3 is 19.9 Å². The number of ether oxygens (including phenoxy) is 2. The molecule has 228 valence electrons. The van der Waals surface area contributed by atoms with Crippen LogP contribution in [0.3, 0.4) is 0 Å². The van der Waals surface area contributed by atoms with E-state index in [1.54, 1.807) is 12.1 Å². The van der Waals surface area contributed by atoms with Gasteiger partial charge in [0, 0.05) is 10.8 Å². The number of rotatable bonds is 8. The van der Waals surface area contributed by atoms with E-state index in [1.807, 2.05) is 24.3 Å². The van der Waals surface area contributed by atoms with E-state index in [1.165, 1.54) is 24.3 Å². The Morgan fingerprint density at radius 1 is 0.860 bits per heavy atom. The van der Waals surface area contributed by atoms with Crippen LogP contribution in [-0.4, -0.2) is 29.4 Å². The second-order valence-electron chi connectivity index (χ2n) is 14.2. The summed E-state index contributed by atoms with van der Waals surface area (Å²) >= 11 is 0. The van der Waals surface area contributed by atoms with Crippen LogP contribution in [0.2, 0.25) is 0 Å². The van der Waals surface area contributed by atoms with Gasteiger partial charge in [-0.3, -0.25) is 4.79 Å². The number of carboxylic acid groups (broad SMARTS) is 1. The summed E-state index contributed by atoms with van der Waals surface area (Å²) in [5.41, 5.74) is 0.334. The number of hydrogen-bond donors (Lipinski definition) is 2. The lowest BCUT2D eigenvalue weighted by Gasteiger charge is -2.70. The minimum Gasteiger partial charge on any atom is -0.487 e. The molecular weight excluding hydrogens is 559 g/mol. The van der Waals surface area contributed by atoms with Crippen molar-refractivity contribution >= 4 is 22.6 Å². The fourth-order valence-corrected chi connectivity index (χ4v) is 9.90. The number of alkyl halides is 3. The molecule has 6 nitrogen and oxygen atoms in total. The zero-order valence-corrected chi connectivity index (χ0v) is 24.5. The van der Waals surface area contributed by atoms with Crippen LogP contribution in [0.15, 0.2) is 60.7 Å². The molecule has 43 heavy (non-hydrogen) atoms. The van der Waals surface area contributed by atoms with Crippen LogP contribution in [0, 0.1) is 21.7 Å². The van der Waals surface area contributed by atoms with Gasteiger partial charge in [0.25, 0.3) is 5.91 Å². The molecule has 4 aliphatic rings. The first kappa shape index (κ1) is 29.3. The van der Waals surface area contributed by atoms with E-state index in [0.29, 0.717) is 10.9 Å². The summed E-state index contributed by atoms with van der Waals surface area (Å²) < 4.78 is 47.8. The lowest BCUT2D eigenvalue weighted by molar-refractivity contribution is -0.274. The summed E-state index contributed by atoms with van der Waals surface area (Å²) in [6.45, 7) is 6.79. The molecule has 0 radical (unpaired) electrons. The average molecular weight is 596 g/mol. The molecule has 0 aliphatic heterocycles. The Kier molecular flexibility index (Phi) is 6.75. The van der Waals surface area contributed by atoms with Crippen LogP contribution in [-0.2, 0) is 11.4 Å². The first-order valence-electron chi connectivity index (χ1n) is 14.6. The van der Waals surface area contributed by atoms with Crippen molar-refractivity contribution in [2.45, 2.75) is 78.3 Å². The highest BCUT2D eigenvalue weighted by molar-refractivity contribution is 6.05. The van der Waals surface area contributed by atoms with Crippen LogP contribution in [0.4, 0.5) is 13.2 Å². The molecule has 1 unspecified atom stereocenters. The molecule has 4 saturated carbocycles. The number of carboxylic acids is 1. The Labute approximate surface area is 248 Å². The molecule has 0 saturated heterocycles. The molecule has 1 atom stereocenters. The van der Waals surface area contributed by atoms with Crippen molar-refractivity contribution in [1.82, 2.24) is 5.32 Å². The second kappa shape index (κ2) is 9.89. The first-order chi connectivity index (χ1) is 20.1. The SMILES string of the molecule is CC12CC3(C)CC(C)(C1)CC(C(NC(=O)c1ccc4ccccc4c1OCc1ccc(OC(F)(F)F)cc1)C(=O)O)(C2)C3. The number of nitrogens with one attached hydrogen (secondary N) is 1. The quantitative estimate of drug-likeness (QED) is 0.277. The number of fused-ring (bicyclic) bond motifs is 1. The summed E-state index contributed by atoms with van der Waals surface area (Å²) in [4.78, 5) is 26.9. The van der Waals surface area contributed by atoms with Gasteiger partial charge in [-0.1, -0.05) is 63.2 Å². The summed E-state index contributed by atoms with van der Waals surface area (Å²) in [5, 5.41) is 15.0. The Hall–Kier alpha value is -3.75. The van der Waals surface area contributed by atoms with Crippen molar-refractivity contribution < 1.29 is 37.3 Å². The highest BCUT2D eigenvalue weighted by Gasteiger charge is 2.67. The number of carbonyl (C=O) groups is 2. The van der Waals surface area contributed by atoms with Gasteiger partial charge in [0.15, 0.2) is 0 Å². The predicted octanol–water partition coefficient (Wildman–Crippen LogP) is 7.89. The average Bonchev–Trinajstić information content (AvgIpc) is 2.87. The Balaban J connectivity index is 1.29. The monoisotopic (exact) mass is 595 g/mol. The largest absolute Gasteiger partial charge is 0.573 e. The van der Waals surface area contributed by atoms with Gasteiger partial charge in [-0.2, -0.15) is 0 Å². The lowest BCUT2D eigenvalue weighted by Crippen LogP contribution is -2.66. The van der Waals surface area contributed by atoms with Gasteiger partial charge in [-0.25, -0.2) is 4.79 Å². The third kappa shape index (κ3) is 5.66. The highest BCUT2D eigenvalue weighted by atomic mass is 19.4. The van der Waals surface area contributed by atoms with Crippen molar-refractivity contribution in [1.29, 1.82) is 0 Å². The van der Waals surface area contributed by atoms with Crippen LogP contribution >= 0.6 is 0 Å². The molecule has 2 N–H and O–H groups in total. The standard InChI is InChI=1S/C34H36F3NO5/c1-30-15-31(2)17-32(3,16-30)20-33(18-30,19-31)27(29(40)41)38-28(39)25-13-10-22-6-4-5-7-24(22)26(25)42-14-21-8-11-23(12-9-21)43-34(35,36)37/h4-13,27H,14-20H2,1-3H3,(H,38,39)(H,40,41). The van der Waals surface area contributed by atoms with Crippen LogP contribution < -0.4 is 14.8 Å². The van der Waals surface area contributed by atoms with E-state index in [9.17, 15) is 27.9 Å². The fourth-order valence-electron chi connectivity index (χ4n) is 9.90. The van der Waals surface area contributed by atoms with Gasteiger partial charge in [0.1, 0.15) is 24.1 Å². The summed E-state index contributed by atoms with van der Waals surface area (Å²) in [6.07, 6.45) is 0.712. The maximum Gasteiger partial charge on any atom is 0.573 e. The number of hydrogen-bond acceptors (Lipinski definition) is 4. The molecule has 1 amide bonds. The van der Waals surface area contributed by atoms with Gasteiger partial charge in [-0.15, -0.1) is 13.2 Å². The predicted molar refractivity (Wildman–Crippen MR) is 155 cm³/mol. The van der Waals surface area contributed by atoms with Crippen molar-refractivity contribution in [3.63, 3.8) is 0 Å². The lowest BCUT2D eigenvalue weighted by atomic mass is 9.35. The number of halogens is 3. The molecule has 0 heterocycles. The van der Waals surface area contributed by atoms with Crippen LogP contribution in [0.5, 0.6) is 11.5 Å². The Morgan fingerprint density at radius 3 is 2.00 bits per heavy atom. The van der Waals surface area contributed by atoms with Gasteiger partial charge in [0.2, 0.25) is 0 Å². The third-order valence-corrected chi connectivity index (χ3v) is 9.70. The van der Waals surface area contributed by atoms with E-state index in [-0.39, 0.29) is 39.9 Å². The molecule has 0 spiro atoms.